The second kappa shape index (κ2) is 14.9. The molecule has 0 aromatic carbocycles. The molecule has 10 rings (SSSR count). The van der Waals surface area contributed by atoms with E-state index in [0.29, 0.717) is 23.7 Å². The van der Waals surface area contributed by atoms with E-state index >= 15 is 0 Å². The molecule has 0 bridgehead atoms. The van der Waals surface area contributed by atoms with Crippen LogP contribution < -0.4 is 0 Å². The summed E-state index contributed by atoms with van der Waals surface area (Å²) in [6.07, 6.45) is 34.8. The van der Waals surface area contributed by atoms with Gasteiger partial charge in [-0.15, -0.1) is 0 Å². The van der Waals surface area contributed by atoms with Crippen molar-refractivity contribution in [2.24, 2.45) is 34.5 Å². The minimum absolute atomic E-state index is 0.100. The average molecular weight is 845 g/mol. The fraction of sp³-hybridized carbons (Fsp3) is 0.714. The van der Waals surface area contributed by atoms with Crippen LogP contribution in [0.1, 0.15) is 192 Å². The Morgan fingerprint density at radius 3 is 1.42 bits per heavy atom. The van der Waals surface area contributed by atoms with Gasteiger partial charge in [0.05, 0.1) is 34.6 Å². The molecular formula is C56H80N2O4. The summed E-state index contributed by atoms with van der Waals surface area (Å²) < 4.78 is 19.2. The zero-order valence-corrected chi connectivity index (χ0v) is 40.2. The van der Waals surface area contributed by atoms with Crippen molar-refractivity contribution in [3.05, 3.63) is 81.5 Å². The molecule has 8 aliphatic rings. The summed E-state index contributed by atoms with van der Waals surface area (Å²) in [6, 6.07) is 0. The van der Waals surface area contributed by atoms with E-state index < -0.39 is 11.2 Å². The smallest absolute Gasteiger partial charge is 0.0784 e. The van der Waals surface area contributed by atoms with Crippen molar-refractivity contribution < 1.29 is 19.7 Å². The number of allylic oxidation sites excluding steroid dienone is 2. The number of ether oxygens (including phenoxy) is 2. The molecule has 6 heteroatoms. The normalized spacial score (nSPS) is 44.4. The minimum atomic E-state index is -0.729. The van der Waals surface area contributed by atoms with Crippen LogP contribution in [0, 0.1) is 34.5 Å². The van der Waals surface area contributed by atoms with Crippen LogP contribution in [0.2, 0.25) is 0 Å². The number of rotatable bonds is 9. The highest BCUT2D eigenvalue weighted by Gasteiger charge is 2.64. The van der Waals surface area contributed by atoms with Crippen molar-refractivity contribution in [2.75, 3.05) is 0 Å². The highest BCUT2D eigenvalue weighted by Crippen LogP contribution is 2.66. The highest BCUT2D eigenvalue weighted by atomic mass is 16.5. The van der Waals surface area contributed by atoms with E-state index in [0.717, 1.165) is 90.1 Å². The molecule has 0 amide bonds. The third-order valence-corrected chi connectivity index (χ3v) is 18.9. The SMILES string of the molecule is CC(C)=C[C@H]1C[C@H](C)[C@]2(CC[C@]3(C)C[C@H]4c5c(cn(CCCCCCn6cc7c8c6C[C@@](C)(O)[C@H]8C[C@@]6(C)CC[C@@]8(O[C@@H](C=C(C)C)C[C@@H]8C)[C@@H]6/C=C\7)c5C[C@@]4(C)O)/C=C\[C@H]32)O1. The summed E-state index contributed by atoms with van der Waals surface area (Å²) in [5.41, 5.74) is 9.42. The van der Waals surface area contributed by atoms with Gasteiger partial charge < -0.3 is 28.8 Å². The predicted octanol–water partition coefficient (Wildman–Crippen LogP) is 12.3. The largest absolute Gasteiger partial charge is 0.389 e. The first-order valence-corrected chi connectivity index (χ1v) is 25.2. The maximum absolute atomic E-state index is 12.1. The third-order valence-electron chi connectivity index (χ3n) is 18.9. The lowest BCUT2D eigenvalue weighted by atomic mass is 9.64. The Hall–Kier alpha value is -2.64. The van der Waals surface area contributed by atoms with Gasteiger partial charge in [-0.05, 0) is 151 Å². The van der Waals surface area contributed by atoms with Crippen LogP contribution in [0.4, 0.5) is 0 Å². The molecule has 6 aliphatic carbocycles. The van der Waals surface area contributed by atoms with Gasteiger partial charge >= 0.3 is 0 Å². The van der Waals surface area contributed by atoms with Crippen molar-refractivity contribution in [1.29, 1.82) is 0 Å². The zero-order chi connectivity index (χ0) is 43.8. The molecule has 2 N–H and O–H groups in total. The maximum Gasteiger partial charge on any atom is 0.0784 e. The molecule has 2 aromatic rings. The van der Waals surface area contributed by atoms with Gasteiger partial charge in [0, 0.05) is 73.4 Å². The van der Waals surface area contributed by atoms with Crippen LogP contribution in [0.3, 0.4) is 0 Å². The lowest BCUT2D eigenvalue weighted by molar-refractivity contribution is -0.0745. The Bertz CT molecular complexity index is 2050. The summed E-state index contributed by atoms with van der Waals surface area (Å²) in [5, 5.41) is 24.2. The molecule has 2 spiro atoms. The molecule has 4 fully saturated rings. The Labute approximate surface area is 374 Å². The average Bonchev–Trinajstić information content (AvgIpc) is 4.02. The van der Waals surface area contributed by atoms with E-state index in [1.54, 1.807) is 0 Å². The van der Waals surface area contributed by atoms with E-state index in [2.05, 4.69) is 127 Å². The number of hydrogen-bond acceptors (Lipinski definition) is 4. The van der Waals surface area contributed by atoms with Gasteiger partial charge in [0.2, 0.25) is 0 Å². The number of nitrogens with zero attached hydrogens (tertiary/aromatic N) is 2. The second-order valence-electron chi connectivity index (χ2n) is 24.2. The van der Waals surface area contributed by atoms with Crippen LogP contribution in [0.5, 0.6) is 0 Å². The molecule has 0 unspecified atom stereocenters. The standard InChI is InChI=1S/C56H80N2O4/c1-35(2)25-41-27-37(5)55(61-41)21-19-51(7)29-43-49-39(15-17-47(51)55)33-57(45(49)31-53(43,9)59)23-13-11-12-14-24-58-34-40-16-18-48-52(8,30-44-50(40)46(58)32-54(44,10)60)20-22-56(48)38(6)28-42(62-56)26-36(3)4/h15-18,25-26,33-34,37-38,41-44,47-48,59-60H,11-14,19-24,27-32H2,1-10H3/b17-15-,18-16-/t37-,38-,41-,42-,43-,44-,47+,48+,51+,52+,53+,54+,55-,56-/m0/s1. The van der Waals surface area contributed by atoms with Gasteiger partial charge in [-0.1, -0.05) is 88.1 Å². The van der Waals surface area contributed by atoms with Gasteiger partial charge in [-0.25, -0.2) is 0 Å². The Kier molecular flexibility index (Phi) is 10.4. The molecule has 4 heterocycles. The van der Waals surface area contributed by atoms with E-state index in [9.17, 15) is 10.2 Å². The summed E-state index contributed by atoms with van der Waals surface area (Å²) in [7, 11) is 0. The maximum atomic E-state index is 12.1. The van der Waals surface area contributed by atoms with Crippen LogP contribution in [0.15, 0.2) is 47.8 Å². The molecule has 338 valence electrons. The molecule has 2 saturated carbocycles. The lowest BCUT2D eigenvalue weighted by Gasteiger charge is -2.43. The molecule has 6 nitrogen and oxygen atoms in total. The molecule has 2 aliphatic heterocycles. The van der Waals surface area contributed by atoms with Crippen LogP contribution in [-0.4, -0.2) is 54.0 Å². The number of aromatic nitrogens is 2. The van der Waals surface area contributed by atoms with Gasteiger partial charge in [-0.3, -0.25) is 0 Å². The summed E-state index contributed by atoms with van der Waals surface area (Å²) in [5.74, 6) is 2.03. The van der Waals surface area contributed by atoms with Crippen LogP contribution >= 0.6 is 0 Å². The summed E-state index contributed by atoms with van der Waals surface area (Å²) in [6.45, 7) is 24.8. The summed E-state index contributed by atoms with van der Waals surface area (Å²) >= 11 is 0. The molecule has 62 heavy (non-hydrogen) atoms. The van der Waals surface area contributed by atoms with Gasteiger partial charge in [0.25, 0.3) is 0 Å². The van der Waals surface area contributed by atoms with Gasteiger partial charge in [-0.2, -0.15) is 0 Å². The Morgan fingerprint density at radius 2 is 1.03 bits per heavy atom. The number of unbranched alkanes of at least 4 members (excludes halogenated alkanes) is 3. The fourth-order valence-corrected chi connectivity index (χ4v) is 15.9. The molecule has 2 aromatic heterocycles. The van der Waals surface area contributed by atoms with E-state index in [1.165, 1.54) is 57.6 Å². The predicted molar refractivity (Wildman–Crippen MR) is 252 cm³/mol. The molecule has 2 saturated heterocycles. The van der Waals surface area contributed by atoms with Crippen LogP contribution in [0.25, 0.3) is 12.2 Å². The summed E-state index contributed by atoms with van der Waals surface area (Å²) in [4.78, 5) is 0. The highest BCUT2D eigenvalue weighted by molar-refractivity contribution is 5.62. The van der Waals surface area contributed by atoms with Crippen molar-refractivity contribution in [3.63, 3.8) is 0 Å². The lowest BCUT2D eigenvalue weighted by Crippen LogP contribution is -2.44. The second-order valence-corrected chi connectivity index (χ2v) is 24.2. The molecular weight excluding hydrogens is 765 g/mol. The minimum Gasteiger partial charge on any atom is -0.389 e. The van der Waals surface area contributed by atoms with Crippen molar-refractivity contribution in [1.82, 2.24) is 9.13 Å². The van der Waals surface area contributed by atoms with E-state index in [-0.39, 0.29) is 46.1 Å². The van der Waals surface area contributed by atoms with Crippen molar-refractivity contribution >= 4 is 12.2 Å². The first-order valence-electron chi connectivity index (χ1n) is 25.2. The van der Waals surface area contributed by atoms with Crippen molar-refractivity contribution in [3.8, 4) is 0 Å². The molecule has 0 radical (unpaired) electrons. The van der Waals surface area contributed by atoms with E-state index in [4.69, 9.17) is 9.47 Å². The number of hydrogen-bond donors (Lipinski definition) is 2. The third kappa shape index (κ3) is 6.74. The van der Waals surface area contributed by atoms with Crippen LogP contribution in [-0.2, 0) is 35.4 Å². The zero-order valence-electron chi connectivity index (χ0n) is 40.2. The number of aliphatic hydroxyl groups is 2. The van der Waals surface area contributed by atoms with Gasteiger partial charge in [0.15, 0.2) is 0 Å². The first kappa shape index (κ1) is 43.3. The van der Waals surface area contributed by atoms with Gasteiger partial charge in [0.1, 0.15) is 0 Å². The Balaban J connectivity index is 0.814. The Morgan fingerprint density at radius 1 is 0.629 bits per heavy atom. The topological polar surface area (TPSA) is 68.8 Å². The monoisotopic (exact) mass is 845 g/mol. The van der Waals surface area contributed by atoms with E-state index in [1.807, 2.05) is 0 Å². The first-order chi connectivity index (χ1) is 29.3. The fourth-order valence-electron chi connectivity index (χ4n) is 15.9. The molecule has 14 atom stereocenters. The number of aryl methyl sites for hydroxylation is 2. The van der Waals surface area contributed by atoms with Crippen molar-refractivity contribution in [2.45, 2.75) is 219 Å². The number of fused-ring (bicyclic) bond motifs is 4. The quantitative estimate of drug-likeness (QED) is 0.195.